The molecule has 1 saturated heterocycles. The highest BCUT2D eigenvalue weighted by molar-refractivity contribution is 5.81. The smallest absolute Gasteiger partial charge is 0.407 e. The molecule has 0 radical (unpaired) electrons. The molecule has 2 aromatic heterocycles. The van der Waals surface area contributed by atoms with Crippen molar-refractivity contribution in [3.8, 4) is 11.6 Å². The van der Waals surface area contributed by atoms with Gasteiger partial charge >= 0.3 is 6.09 Å². The number of benzene rings is 1. The Hall–Kier alpha value is -3.36. The summed E-state index contributed by atoms with van der Waals surface area (Å²) in [5, 5.41) is 17.8. The summed E-state index contributed by atoms with van der Waals surface area (Å²) in [5.41, 5.74) is 3.80. The van der Waals surface area contributed by atoms with Gasteiger partial charge in [-0.2, -0.15) is 5.10 Å². The maximum atomic E-state index is 11.1. The van der Waals surface area contributed by atoms with Gasteiger partial charge < -0.3 is 20.1 Å². The van der Waals surface area contributed by atoms with E-state index in [-0.39, 0.29) is 6.10 Å². The molecule has 1 aliphatic rings. The van der Waals surface area contributed by atoms with Gasteiger partial charge in [0.1, 0.15) is 17.8 Å². The van der Waals surface area contributed by atoms with Gasteiger partial charge in [0, 0.05) is 38.2 Å². The quantitative estimate of drug-likeness (QED) is 0.641. The third-order valence-electron chi connectivity index (χ3n) is 5.32. The van der Waals surface area contributed by atoms with E-state index >= 15 is 0 Å². The minimum atomic E-state index is -0.884. The summed E-state index contributed by atoms with van der Waals surface area (Å²) in [5.74, 6) is 0.485. The first-order valence-electron chi connectivity index (χ1n) is 10.2. The normalized spacial score (nSPS) is 14.8. The van der Waals surface area contributed by atoms with Crippen molar-refractivity contribution in [2.24, 2.45) is 0 Å². The lowest BCUT2D eigenvalue weighted by Crippen LogP contribution is -2.41. The lowest BCUT2D eigenvalue weighted by molar-refractivity contribution is 0.0879. The Kier molecular flexibility index (Phi) is 5.69. The summed E-state index contributed by atoms with van der Waals surface area (Å²) in [7, 11) is 0. The van der Waals surface area contributed by atoms with Crippen LogP contribution in [-0.4, -0.2) is 61.6 Å². The zero-order chi connectivity index (χ0) is 21.1. The first-order chi connectivity index (χ1) is 14.6. The van der Waals surface area contributed by atoms with Gasteiger partial charge in [0.25, 0.3) is 0 Å². The Morgan fingerprint density at radius 1 is 1.30 bits per heavy atom. The van der Waals surface area contributed by atoms with E-state index in [1.54, 1.807) is 10.9 Å². The zero-order valence-corrected chi connectivity index (χ0v) is 17.2. The molecule has 1 amide bonds. The Morgan fingerprint density at radius 2 is 2.10 bits per heavy atom. The number of hydrogen-bond acceptors (Lipinski definition) is 6. The second kappa shape index (κ2) is 8.56. The van der Waals surface area contributed by atoms with Gasteiger partial charge in [-0.25, -0.2) is 19.4 Å². The van der Waals surface area contributed by atoms with Gasteiger partial charge in [-0.3, -0.25) is 0 Å². The van der Waals surface area contributed by atoms with E-state index in [9.17, 15) is 4.79 Å². The van der Waals surface area contributed by atoms with E-state index in [2.05, 4.69) is 40.3 Å². The molecule has 2 N–H and O–H groups in total. The maximum Gasteiger partial charge on any atom is 0.407 e. The van der Waals surface area contributed by atoms with Crippen LogP contribution < -0.4 is 10.1 Å². The van der Waals surface area contributed by atoms with Crippen molar-refractivity contribution < 1.29 is 14.6 Å². The van der Waals surface area contributed by atoms with Crippen LogP contribution in [0.1, 0.15) is 31.7 Å². The molecule has 0 bridgehead atoms. The second-order valence-corrected chi connectivity index (χ2v) is 7.49. The predicted octanol–water partition coefficient (Wildman–Crippen LogP) is 3.47. The number of amides is 1. The molecule has 0 unspecified atom stereocenters. The molecule has 9 nitrogen and oxygen atoms in total. The van der Waals surface area contributed by atoms with Crippen molar-refractivity contribution in [2.45, 2.75) is 39.2 Å². The fourth-order valence-electron chi connectivity index (χ4n) is 3.69. The number of nitrogens with zero attached hydrogens (tertiary/aromatic N) is 5. The summed E-state index contributed by atoms with van der Waals surface area (Å²) >= 11 is 0. The highest BCUT2D eigenvalue weighted by atomic mass is 16.5. The summed E-state index contributed by atoms with van der Waals surface area (Å²) in [6, 6.07) is 6.18. The molecule has 9 heteroatoms. The number of aromatic nitrogens is 4. The molecule has 30 heavy (non-hydrogen) atoms. The number of hydrogen-bond donors (Lipinski definition) is 2. The van der Waals surface area contributed by atoms with Gasteiger partial charge in [-0.1, -0.05) is 6.92 Å². The Balaban J connectivity index is 1.56. The van der Waals surface area contributed by atoms with E-state index in [1.807, 2.05) is 12.1 Å². The van der Waals surface area contributed by atoms with Gasteiger partial charge in [-0.15, -0.1) is 0 Å². The van der Waals surface area contributed by atoms with Crippen molar-refractivity contribution in [1.82, 2.24) is 24.6 Å². The molecule has 158 valence electrons. The van der Waals surface area contributed by atoms with Crippen LogP contribution in [0.25, 0.3) is 16.7 Å². The molecular weight excluding hydrogens is 384 g/mol. The van der Waals surface area contributed by atoms with Crippen LogP contribution in [0.15, 0.2) is 30.7 Å². The Labute approximate surface area is 174 Å². The van der Waals surface area contributed by atoms with E-state index in [1.165, 1.54) is 11.2 Å². The highest BCUT2D eigenvalue weighted by Crippen LogP contribution is 2.28. The van der Waals surface area contributed by atoms with Gasteiger partial charge in [0.05, 0.1) is 11.9 Å². The predicted molar refractivity (Wildman–Crippen MR) is 113 cm³/mol. The van der Waals surface area contributed by atoms with E-state index < -0.39 is 6.09 Å². The average Bonchev–Trinajstić information content (AvgIpc) is 3.17. The first-order valence-corrected chi connectivity index (χ1v) is 10.2. The number of aryl methyl sites for hydroxylation is 1. The fourth-order valence-corrected chi connectivity index (χ4v) is 3.69. The lowest BCUT2D eigenvalue weighted by Gasteiger charge is -2.29. The summed E-state index contributed by atoms with van der Waals surface area (Å²) in [6.07, 6.45) is 4.58. The van der Waals surface area contributed by atoms with Crippen LogP contribution in [0, 0.1) is 6.92 Å². The van der Waals surface area contributed by atoms with Crippen molar-refractivity contribution in [1.29, 1.82) is 0 Å². The topological polar surface area (TPSA) is 105 Å². The number of nitrogens with one attached hydrogen (secondary N) is 1. The standard InChI is InChI=1S/C21H26N6O3/c1-3-8-22-15-4-5-18(14(2)11-15)27-19-17(12-25-27)20(24-13-23-19)30-16-6-9-26(10-7-16)21(28)29/h4-5,11-13,16,22H,3,6-10H2,1-2H3,(H,28,29). The third-order valence-corrected chi connectivity index (χ3v) is 5.32. The van der Waals surface area contributed by atoms with Gasteiger partial charge in [0.2, 0.25) is 5.88 Å². The Morgan fingerprint density at radius 3 is 2.80 bits per heavy atom. The maximum absolute atomic E-state index is 11.1. The molecule has 0 spiro atoms. The van der Waals surface area contributed by atoms with Crippen molar-refractivity contribution >= 4 is 22.8 Å². The van der Waals surface area contributed by atoms with E-state index in [0.29, 0.717) is 37.5 Å². The van der Waals surface area contributed by atoms with Crippen molar-refractivity contribution in [3.05, 3.63) is 36.3 Å². The van der Waals surface area contributed by atoms with Crippen LogP contribution in [0.4, 0.5) is 10.5 Å². The third kappa shape index (κ3) is 4.00. The number of carboxylic acid groups (broad SMARTS) is 1. The van der Waals surface area contributed by atoms with Gasteiger partial charge in [0.15, 0.2) is 5.65 Å². The molecular formula is C21H26N6O3. The van der Waals surface area contributed by atoms with E-state index in [0.717, 1.165) is 35.3 Å². The van der Waals surface area contributed by atoms with Crippen LogP contribution in [0.2, 0.25) is 0 Å². The van der Waals surface area contributed by atoms with Crippen LogP contribution in [-0.2, 0) is 0 Å². The lowest BCUT2D eigenvalue weighted by atomic mass is 10.1. The van der Waals surface area contributed by atoms with E-state index in [4.69, 9.17) is 9.84 Å². The molecule has 1 fully saturated rings. The number of anilines is 1. The SMILES string of the molecule is CCCNc1ccc(-n2ncc3c(OC4CCN(C(=O)O)CC4)ncnc32)c(C)c1. The number of piperidine rings is 1. The molecule has 4 rings (SSSR count). The number of likely N-dealkylation sites (tertiary alicyclic amines) is 1. The number of fused-ring (bicyclic) bond motifs is 1. The zero-order valence-electron chi connectivity index (χ0n) is 17.2. The molecule has 1 aliphatic heterocycles. The monoisotopic (exact) mass is 410 g/mol. The average molecular weight is 410 g/mol. The first kappa shape index (κ1) is 19.9. The highest BCUT2D eigenvalue weighted by Gasteiger charge is 2.25. The Bertz CT molecular complexity index is 1040. The molecule has 1 aromatic carbocycles. The van der Waals surface area contributed by atoms with Gasteiger partial charge in [-0.05, 0) is 37.1 Å². The van der Waals surface area contributed by atoms with Crippen molar-refractivity contribution in [2.75, 3.05) is 25.0 Å². The molecule has 3 heterocycles. The molecule has 0 atom stereocenters. The van der Waals surface area contributed by atoms with Crippen molar-refractivity contribution in [3.63, 3.8) is 0 Å². The number of rotatable bonds is 6. The summed E-state index contributed by atoms with van der Waals surface area (Å²) in [4.78, 5) is 21.2. The van der Waals surface area contributed by atoms with Crippen LogP contribution >= 0.6 is 0 Å². The number of ether oxygens (including phenoxy) is 1. The van der Waals surface area contributed by atoms with Crippen LogP contribution in [0.3, 0.4) is 0 Å². The molecule has 3 aromatic rings. The largest absolute Gasteiger partial charge is 0.474 e. The molecule has 0 aliphatic carbocycles. The van der Waals surface area contributed by atoms with Crippen LogP contribution in [0.5, 0.6) is 5.88 Å². The molecule has 0 saturated carbocycles. The summed E-state index contributed by atoms with van der Waals surface area (Å²) in [6.45, 7) is 6.05. The minimum Gasteiger partial charge on any atom is -0.474 e. The summed E-state index contributed by atoms with van der Waals surface area (Å²) < 4.78 is 7.91. The number of carbonyl (C=O) groups is 1. The second-order valence-electron chi connectivity index (χ2n) is 7.49. The fraction of sp³-hybridized carbons (Fsp3) is 0.429. The minimum absolute atomic E-state index is 0.0762.